The number of anilines is 1. The van der Waals surface area contributed by atoms with E-state index in [-0.39, 0.29) is 16.9 Å². The lowest BCUT2D eigenvalue weighted by molar-refractivity contribution is -0.134. The normalized spacial score (nSPS) is 12.2. The van der Waals surface area contributed by atoms with E-state index in [4.69, 9.17) is 9.72 Å². The first-order valence-corrected chi connectivity index (χ1v) is 10.6. The number of hydrogen-bond donors (Lipinski definition) is 1. The minimum absolute atomic E-state index is 0.140. The van der Waals surface area contributed by atoms with Crippen molar-refractivity contribution in [1.82, 2.24) is 9.38 Å². The van der Waals surface area contributed by atoms with Gasteiger partial charge in [-0.1, -0.05) is 45.9 Å². The number of hydrogen-bond acceptors (Lipinski definition) is 4. The number of esters is 1. The second kappa shape index (κ2) is 8.13. The maximum Gasteiger partial charge on any atom is 0.310 e. The van der Waals surface area contributed by atoms with Gasteiger partial charge in [0.2, 0.25) is 0 Å². The summed E-state index contributed by atoms with van der Waals surface area (Å²) in [7, 11) is 0. The molecule has 3 aromatic rings. The molecule has 0 fully saturated rings. The summed E-state index contributed by atoms with van der Waals surface area (Å²) in [4.78, 5) is 16.7. The van der Waals surface area contributed by atoms with E-state index in [1.54, 1.807) is 13.0 Å². The number of fused-ring (bicyclic) bond motifs is 1. The molecule has 0 atom stereocenters. The second-order valence-corrected chi connectivity index (χ2v) is 9.80. The topological polar surface area (TPSA) is 55.6 Å². The molecule has 2 aromatic heterocycles. The zero-order valence-corrected chi connectivity index (χ0v) is 19.2. The maximum absolute atomic E-state index is 11.7. The van der Waals surface area contributed by atoms with Gasteiger partial charge in [0, 0.05) is 23.7 Å². The predicted molar refractivity (Wildman–Crippen MR) is 123 cm³/mol. The average Bonchev–Trinajstić information content (AvgIpc) is 2.99. The Morgan fingerprint density at radius 2 is 1.87 bits per heavy atom. The van der Waals surface area contributed by atoms with E-state index in [0.717, 1.165) is 34.7 Å². The van der Waals surface area contributed by atoms with Crippen LogP contribution in [0, 0.1) is 12.3 Å². The highest BCUT2D eigenvalue weighted by Crippen LogP contribution is 2.36. The number of carbonyl (C=O) groups is 1. The summed E-state index contributed by atoms with van der Waals surface area (Å²) >= 11 is 0. The van der Waals surface area contributed by atoms with Gasteiger partial charge in [-0.2, -0.15) is 0 Å². The number of pyridine rings is 1. The lowest BCUT2D eigenvalue weighted by Gasteiger charge is -2.34. The summed E-state index contributed by atoms with van der Waals surface area (Å²) in [5, 5.41) is 3.76. The molecule has 0 amide bonds. The van der Waals surface area contributed by atoms with Gasteiger partial charge in [-0.3, -0.25) is 9.20 Å². The van der Waals surface area contributed by atoms with Crippen LogP contribution in [0.2, 0.25) is 0 Å². The van der Waals surface area contributed by atoms with Gasteiger partial charge in [-0.05, 0) is 56.4 Å². The van der Waals surface area contributed by atoms with Crippen LogP contribution in [-0.4, -0.2) is 20.9 Å². The molecule has 5 nitrogen and oxygen atoms in total. The van der Waals surface area contributed by atoms with Crippen molar-refractivity contribution < 1.29 is 9.53 Å². The molecule has 30 heavy (non-hydrogen) atoms. The van der Waals surface area contributed by atoms with Gasteiger partial charge in [0.05, 0.1) is 0 Å². The van der Waals surface area contributed by atoms with Crippen LogP contribution >= 0.6 is 0 Å². The molecule has 5 heteroatoms. The zero-order valence-electron chi connectivity index (χ0n) is 19.2. The third kappa shape index (κ3) is 5.02. The highest BCUT2D eigenvalue weighted by molar-refractivity contribution is 5.79. The van der Waals surface area contributed by atoms with Gasteiger partial charge >= 0.3 is 5.97 Å². The van der Waals surface area contributed by atoms with Crippen molar-refractivity contribution in [2.24, 2.45) is 5.41 Å². The van der Waals surface area contributed by atoms with Crippen molar-refractivity contribution in [2.75, 3.05) is 5.32 Å². The number of ether oxygens (including phenoxy) is 1. The summed E-state index contributed by atoms with van der Waals surface area (Å²) in [5.41, 5.74) is 3.82. The number of benzene rings is 1. The molecular weight excluding hydrogens is 374 g/mol. The Morgan fingerprint density at radius 3 is 2.53 bits per heavy atom. The van der Waals surface area contributed by atoms with Crippen LogP contribution in [0.3, 0.4) is 0 Å². The summed E-state index contributed by atoms with van der Waals surface area (Å²) in [5.74, 6) is 1.23. The van der Waals surface area contributed by atoms with Gasteiger partial charge < -0.3 is 10.1 Å². The van der Waals surface area contributed by atoms with Gasteiger partial charge in [0.15, 0.2) is 0 Å². The Hall–Kier alpha value is -2.82. The van der Waals surface area contributed by atoms with Crippen molar-refractivity contribution in [3.8, 4) is 17.0 Å². The van der Waals surface area contributed by atoms with Crippen molar-refractivity contribution in [3.63, 3.8) is 0 Å². The number of imidazole rings is 1. The van der Waals surface area contributed by atoms with Crippen LogP contribution in [0.1, 0.15) is 59.9 Å². The molecule has 1 N–H and O–H groups in total. The Labute approximate surface area is 179 Å². The fourth-order valence-electron chi connectivity index (χ4n) is 4.13. The molecule has 0 aliphatic carbocycles. The third-order valence-electron chi connectivity index (χ3n) is 4.90. The summed E-state index contributed by atoms with van der Waals surface area (Å²) in [6.45, 7) is 15.0. The van der Waals surface area contributed by atoms with E-state index in [9.17, 15) is 4.79 Å². The maximum atomic E-state index is 11.7. The lowest BCUT2D eigenvalue weighted by Crippen LogP contribution is -2.36. The minimum atomic E-state index is -0.248. The molecule has 0 aliphatic rings. The zero-order chi connectivity index (χ0) is 22.1. The first-order chi connectivity index (χ1) is 14.0. The number of nitrogens with zero attached hydrogens (tertiary/aromatic N) is 2. The largest absolute Gasteiger partial charge is 0.427 e. The smallest absolute Gasteiger partial charge is 0.310 e. The van der Waals surface area contributed by atoms with Crippen molar-refractivity contribution in [2.45, 2.75) is 66.8 Å². The van der Waals surface area contributed by atoms with Crippen LogP contribution in [0.25, 0.3) is 16.9 Å². The highest BCUT2D eigenvalue weighted by atomic mass is 16.5. The van der Waals surface area contributed by atoms with E-state index in [0.29, 0.717) is 12.2 Å². The van der Waals surface area contributed by atoms with E-state index in [2.05, 4.69) is 57.3 Å². The first kappa shape index (κ1) is 21.9. The van der Waals surface area contributed by atoms with Crippen LogP contribution in [0.5, 0.6) is 5.75 Å². The first-order valence-electron chi connectivity index (χ1n) is 10.6. The molecule has 0 unspecified atom stereocenters. The van der Waals surface area contributed by atoms with E-state index in [1.165, 1.54) is 0 Å². The van der Waals surface area contributed by atoms with E-state index < -0.39 is 0 Å². The van der Waals surface area contributed by atoms with Crippen molar-refractivity contribution >= 4 is 17.4 Å². The highest BCUT2D eigenvalue weighted by Gasteiger charge is 2.28. The number of carbonyl (C=O) groups excluding carboxylic acids is 1. The van der Waals surface area contributed by atoms with E-state index in [1.807, 2.05) is 30.5 Å². The predicted octanol–water partition coefficient (Wildman–Crippen LogP) is 6.25. The molecule has 160 valence electrons. The van der Waals surface area contributed by atoms with Gasteiger partial charge in [0.1, 0.15) is 22.9 Å². The van der Waals surface area contributed by atoms with Crippen LogP contribution < -0.4 is 10.1 Å². The standard InChI is InChI=1S/C25H33N3O2/c1-8-20(29)30-19-13-9-12-18(15-19)21-23(27-25(6,7)16-24(3,4)5)28-14-10-11-17(2)22(28)26-21/h9-15,27H,8,16H2,1-7H3. The van der Waals surface area contributed by atoms with Crippen molar-refractivity contribution in [1.29, 1.82) is 0 Å². The van der Waals surface area contributed by atoms with Gasteiger partial charge in [-0.25, -0.2) is 4.98 Å². The number of rotatable bonds is 6. The molecule has 0 saturated carbocycles. The molecular formula is C25H33N3O2. The number of aromatic nitrogens is 2. The molecule has 0 saturated heterocycles. The second-order valence-electron chi connectivity index (χ2n) is 9.80. The van der Waals surface area contributed by atoms with Gasteiger partial charge in [-0.15, -0.1) is 0 Å². The van der Waals surface area contributed by atoms with Crippen LogP contribution in [-0.2, 0) is 4.79 Å². The Kier molecular flexibility index (Phi) is 5.93. The molecule has 0 bridgehead atoms. The van der Waals surface area contributed by atoms with Crippen LogP contribution in [0.15, 0.2) is 42.6 Å². The van der Waals surface area contributed by atoms with Crippen LogP contribution in [0.4, 0.5) is 5.82 Å². The summed E-state index contributed by atoms with van der Waals surface area (Å²) < 4.78 is 7.55. The molecule has 3 rings (SSSR count). The monoisotopic (exact) mass is 407 g/mol. The van der Waals surface area contributed by atoms with E-state index >= 15 is 0 Å². The minimum Gasteiger partial charge on any atom is -0.427 e. The lowest BCUT2D eigenvalue weighted by atomic mass is 9.82. The molecule has 0 aliphatic heterocycles. The Balaban J connectivity index is 2.11. The summed E-state index contributed by atoms with van der Waals surface area (Å²) in [6, 6.07) is 11.7. The number of aryl methyl sites for hydroxylation is 1. The summed E-state index contributed by atoms with van der Waals surface area (Å²) in [6.07, 6.45) is 3.37. The van der Waals surface area contributed by atoms with Crippen molar-refractivity contribution in [3.05, 3.63) is 48.2 Å². The van der Waals surface area contributed by atoms with Gasteiger partial charge in [0.25, 0.3) is 0 Å². The average molecular weight is 408 g/mol. The molecule has 0 radical (unpaired) electrons. The molecule has 1 aromatic carbocycles. The fourth-order valence-corrected chi connectivity index (χ4v) is 4.13. The Bertz CT molecular complexity index is 1060. The molecule has 2 heterocycles. The SMILES string of the molecule is CCC(=O)Oc1cccc(-c2nc3c(C)cccn3c2NC(C)(C)CC(C)(C)C)c1. The quantitative estimate of drug-likeness (QED) is 0.387. The fraction of sp³-hybridized carbons (Fsp3) is 0.440. The third-order valence-corrected chi connectivity index (χ3v) is 4.90. The Morgan fingerprint density at radius 1 is 1.13 bits per heavy atom. The number of nitrogens with one attached hydrogen (secondary N) is 1. The molecule has 0 spiro atoms.